The summed E-state index contributed by atoms with van der Waals surface area (Å²) < 4.78 is 2.15. The van der Waals surface area contributed by atoms with Crippen LogP contribution in [0.5, 0.6) is 0 Å². The van der Waals surface area contributed by atoms with Gasteiger partial charge in [0.1, 0.15) is 18.2 Å². The molecule has 0 unspecified atom stereocenters. The fourth-order valence-electron chi connectivity index (χ4n) is 2.52. The number of nitrogens with zero attached hydrogens (tertiary/aromatic N) is 4. The molecule has 0 N–H and O–H groups in total. The lowest BCUT2D eigenvalue weighted by molar-refractivity contribution is -0.132. The molecular formula is C19H30N4O3. The van der Waals surface area contributed by atoms with Crippen LogP contribution in [0.2, 0.25) is 0 Å². The van der Waals surface area contributed by atoms with Gasteiger partial charge in [-0.1, -0.05) is 27.7 Å². The van der Waals surface area contributed by atoms with Gasteiger partial charge in [-0.3, -0.25) is 14.2 Å². The van der Waals surface area contributed by atoms with E-state index in [9.17, 15) is 14.4 Å². The van der Waals surface area contributed by atoms with Crippen LogP contribution >= 0.6 is 0 Å². The number of carbonyl (C=O) groups is 1. The number of nitriles is 1. The molecule has 0 bridgehead atoms. The maximum atomic E-state index is 12.8. The molecule has 1 aromatic heterocycles. The van der Waals surface area contributed by atoms with Gasteiger partial charge in [0.2, 0.25) is 5.91 Å². The summed E-state index contributed by atoms with van der Waals surface area (Å²) in [5.41, 5.74) is -1.39. The Labute approximate surface area is 154 Å². The second kappa shape index (κ2) is 9.95. The molecule has 0 aromatic carbocycles. The molecule has 0 atom stereocenters. The first-order valence-corrected chi connectivity index (χ1v) is 9.23. The van der Waals surface area contributed by atoms with Crippen LogP contribution in [0, 0.1) is 23.2 Å². The monoisotopic (exact) mass is 362 g/mol. The summed E-state index contributed by atoms with van der Waals surface area (Å²) in [4.78, 5) is 39.3. The Morgan fingerprint density at radius 3 is 2.12 bits per heavy atom. The van der Waals surface area contributed by atoms with Crippen molar-refractivity contribution in [3.8, 4) is 6.07 Å². The number of carbonyl (C=O) groups excluding carboxylic acids is 1. The molecule has 26 heavy (non-hydrogen) atoms. The van der Waals surface area contributed by atoms with Gasteiger partial charge in [0.05, 0.1) is 0 Å². The minimum absolute atomic E-state index is 0.129. The van der Waals surface area contributed by atoms with Crippen LogP contribution in [0.15, 0.2) is 15.8 Å². The van der Waals surface area contributed by atoms with Crippen LogP contribution in [0.25, 0.3) is 0 Å². The zero-order valence-electron chi connectivity index (χ0n) is 16.5. The molecule has 0 aliphatic heterocycles. The Morgan fingerprint density at radius 1 is 1.15 bits per heavy atom. The second-order valence-corrected chi connectivity index (χ2v) is 7.36. The third kappa shape index (κ3) is 5.87. The highest BCUT2D eigenvalue weighted by molar-refractivity contribution is 5.76. The lowest BCUT2D eigenvalue weighted by Gasteiger charge is -2.25. The van der Waals surface area contributed by atoms with E-state index in [-0.39, 0.29) is 18.0 Å². The van der Waals surface area contributed by atoms with Crippen LogP contribution in [0.1, 0.15) is 53.0 Å². The van der Waals surface area contributed by atoms with Crippen molar-refractivity contribution in [1.82, 2.24) is 14.0 Å². The van der Waals surface area contributed by atoms with Crippen molar-refractivity contribution in [1.29, 1.82) is 5.26 Å². The van der Waals surface area contributed by atoms with E-state index in [0.717, 1.165) is 17.4 Å². The number of aryl methyl sites for hydroxylation is 1. The first-order chi connectivity index (χ1) is 12.2. The van der Waals surface area contributed by atoms with Gasteiger partial charge in [0, 0.05) is 25.8 Å². The molecule has 0 aliphatic carbocycles. The molecular weight excluding hydrogens is 332 g/mol. The average Bonchev–Trinajstić information content (AvgIpc) is 2.58. The Balaban J connectivity index is 3.13. The predicted molar refractivity (Wildman–Crippen MR) is 101 cm³/mol. The van der Waals surface area contributed by atoms with E-state index >= 15 is 0 Å². The molecule has 0 spiro atoms. The third-order valence-electron chi connectivity index (χ3n) is 4.30. The van der Waals surface area contributed by atoms with Gasteiger partial charge >= 0.3 is 5.69 Å². The summed E-state index contributed by atoms with van der Waals surface area (Å²) in [6, 6.07) is 1.80. The zero-order valence-corrected chi connectivity index (χ0v) is 16.5. The smallest absolute Gasteiger partial charge is 0.331 e. The largest absolute Gasteiger partial charge is 0.341 e. The Hall–Kier alpha value is -2.36. The molecule has 0 radical (unpaired) electrons. The van der Waals surface area contributed by atoms with Gasteiger partial charge in [-0.25, -0.2) is 9.36 Å². The van der Waals surface area contributed by atoms with Gasteiger partial charge in [0.25, 0.3) is 5.56 Å². The van der Waals surface area contributed by atoms with E-state index in [1.807, 2.05) is 0 Å². The summed E-state index contributed by atoms with van der Waals surface area (Å²) in [5.74, 6) is 0.640. The highest BCUT2D eigenvalue weighted by atomic mass is 16.2. The number of aromatic nitrogens is 2. The first kappa shape index (κ1) is 21.7. The van der Waals surface area contributed by atoms with Crippen LogP contribution < -0.4 is 11.2 Å². The Bertz CT molecular complexity index is 756. The molecule has 1 amide bonds. The summed E-state index contributed by atoms with van der Waals surface area (Å²) >= 11 is 0. The number of rotatable bonds is 9. The molecule has 7 heteroatoms. The number of hydrogen-bond donors (Lipinski definition) is 0. The normalized spacial score (nSPS) is 11.0. The molecule has 0 saturated heterocycles. The minimum atomic E-state index is -0.705. The van der Waals surface area contributed by atoms with Crippen molar-refractivity contribution in [3.63, 3.8) is 0 Å². The van der Waals surface area contributed by atoms with E-state index in [1.54, 1.807) is 17.9 Å². The van der Waals surface area contributed by atoms with Gasteiger partial charge < -0.3 is 4.90 Å². The van der Waals surface area contributed by atoms with Crippen molar-refractivity contribution in [2.75, 3.05) is 13.1 Å². The van der Waals surface area contributed by atoms with Crippen molar-refractivity contribution in [2.24, 2.45) is 11.8 Å². The highest BCUT2D eigenvalue weighted by Crippen LogP contribution is 2.07. The fraction of sp³-hybridized carbons (Fsp3) is 0.684. The summed E-state index contributed by atoms with van der Waals surface area (Å²) in [5, 5.41) is 9.11. The minimum Gasteiger partial charge on any atom is -0.341 e. The van der Waals surface area contributed by atoms with Gasteiger partial charge in [-0.15, -0.1) is 0 Å². The van der Waals surface area contributed by atoms with Gasteiger partial charge in [-0.2, -0.15) is 5.26 Å². The lowest BCUT2D eigenvalue weighted by atomic mass is 10.1. The van der Waals surface area contributed by atoms with E-state index < -0.39 is 11.2 Å². The SMILES string of the molecule is CCn1cc(C#N)c(=O)n(CC(=O)N(CCC(C)C)CCC(C)C)c1=O. The van der Waals surface area contributed by atoms with E-state index in [2.05, 4.69) is 27.7 Å². The molecule has 0 aliphatic rings. The van der Waals surface area contributed by atoms with Crippen LogP contribution in [0.4, 0.5) is 0 Å². The summed E-state index contributed by atoms with van der Waals surface area (Å²) in [6.07, 6.45) is 2.97. The molecule has 0 saturated carbocycles. The number of amides is 1. The first-order valence-electron chi connectivity index (χ1n) is 9.23. The lowest BCUT2D eigenvalue weighted by Crippen LogP contribution is -2.46. The van der Waals surface area contributed by atoms with E-state index in [0.29, 0.717) is 31.5 Å². The maximum absolute atomic E-state index is 12.8. The zero-order chi connectivity index (χ0) is 19.9. The molecule has 0 fully saturated rings. The van der Waals surface area contributed by atoms with Crippen molar-refractivity contribution in [2.45, 2.75) is 60.5 Å². The van der Waals surface area contributed by atoms with Crippen molar-refractivity contribution in [3.05, 3.63) is 32.6 Å². The number of hydrogen-bond acceptors (Lipinski definition) is 4. The molecule has 1 rings (SSSR count). The van der Waals surface area contributed by atoms with Crippen molar-refractivity contribution < 1.29 is 4.79 Å². The molecule has 7 nitrogen and oxygen atoms in total. The average molecular weight is 362 g/mol. The van der Waals surface area contributed by atoms with E-state index in [4.69, 9.17) is 5.26 Å². The van der Waals surface area contributed by atoms with Gasteiger partial charge in [0.15, 0.2) is 0 Å². The highest BCUT2D eigenvalue weighted by Gasteiger charge is 2.19. The quantitative estimate of drug-likeness (QED) is 0.670. The maximum Gasteiger partial charge on any atom is 0.331 e. The second-order valence-electron chi connectivity index (χ2n) is 7.36. The predicted octanol–water partition coefficient (Wildman–Crippen LogP) is 1.82. The van der Waals surface area contributed by atoms with Crippen molar-refractivity contribution >= 4 is 5.91 Å². The summed E-state index contributed by atoms with van der Waals surface area (Å²) in [7, 11) is 0. The topological polar surface area (TPSA) is 88.1 Å². The van der Waals surface area contributed by atoms with E-state index in [1.165, 1.54) is 10.8 Å². The molecule has 144 valence electrons. The fourth-order valence-corrected chi connectivity index (χ4v) is 2.52. The molecule has 1 heterocycles. The Morgan fingerprint density at radius 2 is 1.69 bits per heavy atom. The third-order valence-corrected chi connectivity index (χ3v) is 4.30. The standard InChI is InChI=1S/C19H30N4O3/c1-6-21-12-16(11-20)18(25)23(19(21)26)13-17(24)22(9-7-14(2)3)10-8-15(4)5/h12,14-15H,6-10,13H2,1-5H3. The van der Waals surface area contributed by atoms with Gasteiger partial charge in [-0.05, 0) is 31.6 Å². The molecule has 1 aromatic rings. The Kier molecular flexibility index (Phi) is 8.30. The van der Waals surface area contributed by atoms with Crippen LogP contribution in [-0.4, -0.2) is 33.0 Å². The summed E-state index contributed by atoms with van der Waals surface area (Å²) in [6.45, 7) is 11.3. The van der Waals surface area contributed by atoms with Crippen LogP contribution in [0.3, 0.4) is 0 Å². The van der Waals surface area contributed by atoms with Crippen LogP contribution in [-0.2, 0) is 17.9 Å².